The Bertz CT molecular complexity index is 376. The van der Waals surface area contributed by atoms with E-state index in [1.54, 1.807) is 12.1 Å². The molecule has 0 aliphatic carbocycles. The second-order valence-corrected chi connectivity index (χ2v) is 11.4. The molecular formula is C15H24ClFPPd+. The van der Waals surface area contributed by atoms with Crippen molar-refractivity contribution in [3.63, 3.8) is 0 Å². The van der Waals surface area contributed by atoms with E-state index >= 15 is 0 Å². The molecule has 1 aromatic carbocycles. The Labute approximate surface area is 133 Å². The zero-order valence-corrected chi connectivity index (χ0v) is 15.7. The van der Waals surface area contributed by atoms with Gasteiger partial charge in [-0.05, 0) is 65.8 Å². The van der Waals surface area contributed by atoms with Crippen LogP contribution in [0.2, 0.25) is 0 Å². The summed E-state index contributed by atoms with van der Waals surface area (Å²) in [6.45, 7) is 18.0. The second-order valence-electron chi connectivity index (χ2n) is 6.63. The summed E-state index contributed by atoms with van der Waals surface area (Å²) in [5, 5.41) is 1.44. The fraction of sp³-hybridized carbons (Fsp3) is 0.533. The van der Waals surface area contributed by atoms with Crippen molar-refractivity contribution in [2.24, 2.45) is 0 Å². The number of halogens is 2. The average molecular weight is 396 g/mol. The van der Waals surface area contributed by atoms with E-state index in [0.29, 0.717) is 0 Å². The van der Waals surface area contributed by atoms with Gasteiger partial charge in [-0.15, -0.1) is 0 Å². The Morgan fingerprint density at radius 1 is 0.947 bits per heavy atom. The van der Waals surface area contributed by atoms with Crippen molar-refractivity contribution in [3.05, 3.63) is 36.7 Å². The summed E-state index contributed by atoms with van der Waals surface area (Å²) in [4.78, 5) is 0. The van der Waals surface area contributed by atoms with E-state index in [2.05, 4.69) is 75.9 Å². The van der Waals surface area contributed by atoms with Gasteiger partial charge in [0.15, 0.2) is 0 Å². The first kappa shape index (κ1) is 19.5. The molecule has 0 saturated heterocycles. The molecule has 112 valence electrons. The summed E-state index contributed by atoms with van der Waals surface area (Å²) in [7, 11) is 2.86. The van der Waals surface area contributed by atoms with Gasteiger partial charge in [0.25, 0.3) is 0 Å². The van der Waals surface area contributed by atoms with Crippen molar-refractivity contribution in [1.29, 1.82) is 0 Å². The van der Waals surface area contributed by atoms with Gasteiger partial charge < -0.3 is 0 Å². The molecule has 19 heavy (non-hydrogen) atoms. The molecule has 0 fully saturated rings. The standard InChI is InChI=1S/C15H24FP.ClH.Pd/c1-14(2,3)17(7,15(4,5)6)13-10-8-12(16)9-11-13;;/h8-11H,7H2,1-6H3;1H;/q;;+2/p-1. The zero-order valence-electron chi connectivity index (χ0n) is 12.5. The number of hydrogen-bond donors (Lipinski definition) is 0. The number of hydrogen-bond acceptors (Lipinski definition) is 0. The summed E-state index contributed by atoms with van der Waals surface area (Å²) >= 11 is 2.22. The van der Waals surface area contributed by atoms with E-state index in [9.17, 15) is 4.39 Å². The average Bonchev–Trinajstić information content (AvgIpc) is 2.28. The van der Waals surface area contributed by atoms with E-state index in [1.165, 1.54) is 5.30 Å². The van der Waals surface area contributed by atoms with E-state index in [-0.39, 0.29) is 16.1 Å². The number of benzene rings is 1. The van der Waals surface area contributed by atoms with Crippen molar-refractivity contribution >= 4 is 22.1 Å². The SMILES string of the molecule is [CH2-][P+](c1ccc(F)cc1)(C(C)(C)C)C(C)(C)C.[Cl][Pd+]. The molecule has 0 amide bonds. The van der Waals surface area contributed by atoms with Crippen molar-refractivity contribution in [3.8, 4) is 0 Å². The van der Waals surface area contributed by atoms with Gasteiger partial charge in [0.05, 0.1) is 15.6 Å². The second kappa shape index (κ2) is 7.00. The molecule has 1 aromatic rings. The van der Waals surface area contributed by atoms with Gasteiger partial charge in [-0.1, -0.05) is 7.26 Å². The quantitative estimate of drug-likeness (QED) is 0.332. The molecule has 0 spiro atoms. The molecule has 0 aromatic heterocycles. The zero-order chi connectivity index (χ0) is 15.5. The van der Waals surface area contributed by atoms with Crippen LogP contribution < -0.4 is 5.30 Å². The third-order valence-corrected chi connectivity index (χ3v) is 9.32. The van der Waals surface area contributed by atoms with Gasteiger partial charge in [0, 0.05) is 0 Å². The molecule has 0 bridgehead atoms. The van der Waals surface area contributed by atoms with Gasteiger partial charge in [-0.2, -0.15) is 6.66 Å². The van der Waals surface area contributed by atoms with Gasteiger partial charge in [0.2, 0.25) is 0 Å². The molecule has 4 heteroatoms. The summed E-state index contributed by atoms with van der Waals surface area (Å²) < 4.78 is 13.1. The molecule has 0 saturated carbocycles. The van der Waals surface area contributed by atoms with Crippen LogP contribution in [0.5, 0.6) is 0 Å². The van der Waals surface area contributed by atoms with Crippen LogP contribution in [0, 0.1) is 12.5 Å². The van der Waals surface area contributed by atoms with Gasteiger partial charge in [0.1, 0.15) is 5.82 Å². The summed E-state index contributed by atoms with van der Waals surface area (Å²) in [5.74, 6) is -0.178. The maximum absolute atomic E-state index is 13.1. The fourth-order valence-electron chi connectivity index (χ4n) is 2.48. The van der Waals surface area contributed by atoms with Crippen molar-refractivity contribution in [1.82, 2.24) is 0 Å². The van der Waals surface area contributed by atoms with Crippen LogP contribution in [0.25, 0.3) is 0 Å². The Morgan fingerprint density at radius 2 is 1.26 bits per heavy atom. The minimum atomic E-state index is -1.63. The van der Waals surface area contributed by atoms with Crippen molar-refractivity contribution < 1.29 is 22.6 Å². The maximum atomic E-state index is 13.1. The third-order valence-electron chi connectivity index (χ3n) is 3.56. The fourth-order valence-corrected chi connectivity index (χ4v) is 6.70. The Balaban J connectivity index is 0.00000154. The van der Waals surface area contributed by atoms with Crippen molar-refractivity contribution in [2.75, 3.05) is 0 Å². The van der Waals surface area contributed by atoms with Crippen LogP contribution in [0.1, 0.15) is 41.5 Å². The van der Waals surface area contributed by atoms with Crippen LogP contribution in [-0.4, -0.2) is 10.3 Å². The monoisotopic (exact) mass is 395 g/mol. The van der Waals surface area contributed by atoms with Crippen molar-refractivity contribution in [2.45, 2.75) is 51.9 Å². The molecule has 0 aliphatic rings. The molecule has 0 aliphatic heterocycles. The van der Waals surface area contributed by atoms with Crippen LogP contribution in [0.3, 0.4) is 0 Å². The normalized spacial score (nSPS) is 12.8. The molecule has 0 heterocycles. The molecule has 0 nitrogen and oxygen atoms in total. The third kappa shape index (κ3) is 4.25. The van der Waals surface area contributed by atoms with E-state index in [1.807, 2.05) is 12.1 Å². The Kier molecular flexibility index (Phi) is 7.19. The predicted molar refractivity (Wildman–Crippen MR) is 83.7 cm³/mol. The molecular weight excluding hydrogens is 372 g/mol. The van der Waals surface area contributed by atoms with Crippen LogP contribution >= 0.6 is 16.8 Å². The summed E-state index contributed by atoms with van der Waals surface area (Å²) in [6.07, 6.45) is 0. The van der Waals surface area contributed by atoms with Gasteiger partial charge in [-0.3, -0.25) is 0 Å². The molecule has 0 radical (unpaired) electrons. The van der Waals surface area contributed by atoms with E-state index in [0.717, 1.165) is 0 Å². The summed E-state index contributed by atoms with van der Waals surface area (Å²) in [6, 6.07) is 6.92. The molecule has 0 N–H and O–H groups in total. The van der Waals surface area contributed by atoms with Crippen LogP contribution in [-0.2, 0) is 18.2 Å². The molecule has 0 atom stereocenters. The first-order valence-electron chi connectivity index (χ1n) is 6.12. The Morgan fingerprint density at radius 3 is 1.53 bits per heavy atom. The van der Waals surface area contributed by atoms with Gasteiger partial charge >= 0.3 is 27.7 Å². The first-order chi connectivity index (χ1) is 8.50. The van der Waals surface area contributed by atoms with Crippen LogP contribution in [0.4, 0.5) is 4.39 Å². The number of rotatable bonds is 1. The molecule has 0 unspecified atom stereocenters. The topological polar surface area (TPSA) is 0 Å². The van der Waals surface area contributed by atoms with E-state index < -0.39 is 7.26 Å². The van der Waals surface area contributed by atoms with Crippen LogP contribution in [0.15, 0.2) is 24.3 Å². The first-order valence-corrected chi connectivity index (χ1v) is 10.1. The van der Waals surface area contributed by atoms with E-state index in [4.69, 9.17) is 0 Å². The summed E-state index contributed by atoms with van der Waals surface area (Å²) in [5.41, 5.74) is 0. The Hall–Kier alpha value is 0.532. The predicted octanol–water partition coefficient (Wildman–Crippen LogP) is 5.54. The molecule has 1 rings (SSSR count). The minimum absolute atomic E-state index is 0.114. The van der Waals surface area contributed by atoms with Gasteiger partial charge in [-0.25, -0.2) is 4.39 Å².